The van der Waals surface area contributed by atoms with Crippen LogP contribution >= 0.6 is 11.6 Å². The van der Waals surface area contributed by atoms with E-state index in [0.29, 0.717) is 16.5 Å². The van der Waals surface area contributed by atoms with E-state index in [2.05, 4.69) is 10.4 Å². The summed E-state index contributed by atoms with van der Waals surface area (Å²) in [5.74, 6) is 0.596. The molecule has 1 atom stereocenters. The Morgan fingerprint density at radius 2 is 2.12 bits per heavy atom. The summed E-state index contributed by atoms with van der Waals surface area (Å²) in [6.07, 6.45) is -0.822. The van der Waals surface area contributed by atoms with Crippen molar-refractivity contribution in [1.29, 1.82) is 0 Å². The standard InChI is InChI=1S/C18H24ClN3O3/c1-11(2)16-8-17(22(4)21-16)18(24)20-9-13(23)10-25-14-5-6-15(19)12(3)7-14/h5-8,11,13,23H,9-10H2,1-4H3,(H,20,24)/t13-/m1/s1. The molecule has 0 fully saturated rings. The van der Waals surface area contributed by atoms with Gasteiger partial charge in [-0.15, -0.1) is 0 Å². The van der Waals surface area contributed by atoms with Crippen LogP contribution < -0.4 is 10.1 Å². The van der Waals surface area contributed by atoms with Crippen molar-refractivity contribution in [1.82, 2.24) is 15.1 Å². The van der Waals surface area contributed by atoms with Gasteiger partial charge in [0.25, 0.3) is 5.91 Å². The molecule has 0 radical (unpaired) electrons. The summed E-state index contributed by atoms with van der Waals surface area (Å²) in [6.45, 7) is 6.08. The quantitative estimate of drug-likeness (QED) is 0.790. The van der Waals surface area contributed by atoms with E-state index < -0.39 is 6.10 Å². The van der Waals surface area contributed by atoms with Crippen LogP contribution in [0.3, 0.4) is 0 Å². The van der Waals surface area contributed by atoms with Crippen LogP contribution in [0.15, 0.2) is 24.3 Å². The number of halogens is 1. The lowest BCUT2D eigenvalue weighted by Crippen LogP contribution is -2.36. The average molecular weight is 366 g/mol. The van der Waals surface area contributed by atoms with Gasteiger partial charge in [0.2, 0.25) is 0 Å². The molecule has 0 aliphatic carbocycles. The zero-order chi connectivity index (χ0) is 18.6. The van der Waals surface area contributed by atoms with Gasteiger partial charge in [-0.1, -0.05) is 25.4 Å². The van der Waals surface area contributed by atoms with E-state index in [1.54, 1.807) is 36.0 Å². The molecule has 6 nitrogen and oxygen atoms in total. The van der Waals surface area contributed by atoms with E-state index in [-0.39, 0.29) is 25.0 Å². The number of benzene rings is 1. The number of hydrogen-bond donors (Lipinski definition) is 2. The van der Waals surface area contributed by atoms with Gasteiger partial charge in [-0.3, -0.25) is 9.48 Å². The van der Waals surface area contributed by atoms with Crippen LogP contribution in [0.25, 0.3) is 0 Å². The highest BCUT2D eigenvalue weighted by atomic mass is 35.5. The number of carbonyl (C=O) groups excluding carboxylic acids is 1. The SMILES string of the molecule is Cc1cc(OC[C@H](O)CNC(=O)c2cc(C(C)C)nn2C)ccc1Cl. The minimum absolute atomic E-state index is 0.0734. The highest BCUT2D eigenvalue weighted by Crippen LogP contribution is 2.21. The second-order valence-corrected chi connectivity index (χ2v) is 6.73. The number of hydrogen-bond acceptors (Lipinski definition) is 4. The number of carbonyl (C=O) groups is 1. The van der Waals surface area contributed by atoms with Crippen LogP contribution in [-0.2, 0) is 7.05 Å². The van der Waals surface area contributed by atoms with Crippen molar-refractivity contribution in [3.8, 4) is 5.75 Å². The molecular formula is C18H24ClN3O3. The summed E-state index contributed by atoms with van der Waals surface area (Å²) in [5.41, 5.74) is 2.22. The van der Waals surface area contributed by atoms with E-state index >= 15 is 0 Å². The molecule has 0 saturated carbocycles. The van der Waals surface area contributed by atoms with Gasteiger partial charge in [0.15, 0.2) is 0 Å². The summed E-state index contributed by atoms with van der Waals surface area (Å²) in [7, 11) is 1.73. The smallest absolute Gasteiger partial charge is 0.269 e. The van der Waals surface area contributed by atoms with Gasteiger partial charge in [-0.05, 0) is 42.7 Å². The van der Waals surface area contributed by atoms with E-state index in [0.717, 1.165) is 11.3 Å². The summed E-state index contributed by atoms with van der Waals surface area (Å²) < 4.78 is 7.07. The lowest BCUT2D eigenvalue weighted by Gasteiger charge is -2.14. The third kappa shape index (κ3) is 5.21. The van der Waals surface area contributed by atoms with E-state index in [1.807, 2.05) is 20.8 Å². The first-order valence-electron chi connectivity index (χ1n) is 8.17. The normalized spacial score (nSPS) is 12.3. The van der Waals surface area contributed by atoms with Gasteiger partial charge in [0.05, 0.1) is 5.69 Å². The Kier molecular flexibility index (Phi) is 6.45. The molecule has 136 valence electrons. The molecule has 0 saturated heterocycles. The first-order valence-corrected chi connectivity index (χ1v) is 8.55. The Hall–Kier alpha value is -2.05. The zero-order valence-electron chi connectivity index (χ0n) is 14.9. The monoisotopic (exact) mass is 365 g/mol. The lowest BCUT2D eigenvalue weighted by atomic mass is 10.1. The third-order valence-corrected chi connectivity index (χ3v) is 4.22. The molecule has 0 aliphatic heterocycles. The Morgan fingerprint density at radius 1 is 1.40 bits per heavy atom. The predicted octanol–water partition coefficient (Wildman–Crippen LogP) is 2.68. The van der Waals surface area contributed by atoms with E-state index in [9.17, 15) is 9.90 Å². The van der Waals surface area contributed by atoms with Crippen LogP contribution in [0.5, 0.6) is 5.75 Å². The van der Waals surface area contributed by atoms with Crippen molar-refractivity contribution in [3.63, 3.8) is 0 Å². The van der Waals surface area contributed by atoms with Crippen molar-refractivity contribution in [2.45, 2.75) is 32.8 Å². The molecule has 2 aromatic rings. The number of nitrogens with zero attached hydrogens (tertiary/aromatic N) is 2. The maximum absolute atomic E-state index is 12.2. The molecule has 25 heavy (non-hydrogen) atoms. The number of amides is 1. The highest BCUT2D eigenvalue weighted by Gasteiger charge is 2.16. The maximum Gasteiger partial charge on any atom is 0.269 e. The zero-order valence-corrected chi connectivity index (χ0v) is 15.7. The molecule has 1 aromatic carbocycles. The Bertz CT molecular complexity index is 743. The van der Waals surface area contributed by atoms with Crippen molar-refractivity contribution >= 4 is 17.5 Å². The highest BCUT2D eigenvalue weighted by molar-refractivity contribution is 6.31. The van der Waals surface area contributed by atoms with Crippen LogP contribution in [0.1, 0.15) is 41.5 Å². The molecule has 0 bridgehead atoms. The van der Waals surface area contributed by atoms with Crippen LogP contribution in [-0.4, -0.2) is 40.0 Å². The topological polar surface area (TPSA) is 76.4 Å². The van der Waals surface area contributed by atoms with Crippen molar-refractivity contribution < 1.29 is 14.6 Å². The first kappa shape index (κ1) is 19.3. The second kappa shape index (κ2) is 8.36. The van der Waals surface area contributed by atoms with Gasteiger partial charge >= 0.3 is 0 Å². The first-order chi connectivity index (χ1) is 11.8. The maximum atomic E-state index is 12.2. The van der Waals surface area contributed by atoms with Crippen molar-refractivity contribution in [2.24, 2.45) is 7.05 Å². The molecular weight excluding hydrogens is 342 g/mol. The second-order valence-electron chi connectivity index (χ2n) is 6.32. The third-order valence-electron chi connectivity index (χ3n) is 3.79. The number of aromatic nitrogens is 2. The largest absolute Gasteiger partial charge is 0.491 e. The number of aliphatic hydroxyl groups excluding tert-OH is 1. The Labute approximate surface area is 152 Å². The van der Waals surface area contributed by atoms with E-state index in [4.69, 9.17) is 16.3 Å². The number of nitrogens with one attached hydrogen (secondary N) is 1. The number of ether oxygens (including phenoxy) is 1. The van der Waals surface area contributed by atoms with Crippen molar-refractivity contribution in [3.05, 3.63) is 46.2 Å². The molecule has 0 aliphatic rings. The molecule has 1 aromatic heterocycles. The van der Waals surface area contributed by atoms with Gasteiger partial charge < -0.3 is 15.2 Å². The van der Waals surface area contributed by atoms with Gasteiger partial charge in [-0.2, -0.15) is 5.10 Å². The molecule has 2 rings (SSSR count). The molecule has 1 heterocycles. The summed E-state index contributed by atoms with van der Waals surface area (Å²) in [5, 5.41) is 17.7. The molecule has 0 unspecified atom stereocenters. The summed E-state index contributed by atoms with van der Waals surface area (Å²) >= 11 is 5.96. The fourth-order valence-electron chi connectivity index (χ4n) is 2.24. The fourth-order valence-corrected chi connectivity index (χ4v) is 2.36. The van der Waals surface area contributed by atoms with Crippen LogP contribution in [0.4, 0.5) is 0 Å². The minimum Gasteiger partial charge on any atom is -0.491 e. The summed E-state index contributed by atoms with van der Waals surface area (Å²) in [6, 6.07) is 7.05. The fraction of sp³-hybridized carbons (Fsp3) is 0.444. The van der Waals surface area contributed by atoms with Crippen LogP contribution in [0.2, 0.25) is 5.02 Å². The Morgan fingerprint density at radius 3 is 2.72 bits per heavy atom. The minimum atomic E-state index is -0.822. The van der Waals surface area contributed by atoms with Gasteiger partial charge in [0, 0.05) is 18.6 Å². The number of aryl methyl sites for hydroxylation is 2. The lowest BCUT2D eigenvalue weighted by molar-refractivity contribution is 0.0836. The molecule has 1 amide bonds. The Balaban J connectivity index is 1.83. The number of rotatable bonds is 7. The average Bonchev–Trinajstić information content (AvgIpc) is 2.96. The predicted molar refractivity (Wildman–Crippen MR) is 97.3 cm³/mol. The van der Waals surface area contributed by atoms with Gasteiger partial charge in [-0.25, -0.2) is 0 Å². The molecule has 7 heteroatoms. The van der Waals surface area contributed by atoms with Crippen molar-refractivity contribution in [2.75, 3.05) is 13.2 Å². The van der Waals surface area contributed by atoms with Crippen LogP contribution in [0, 0.1) is 6.92 Å². The van der Waals surface area contributed by atoms with Gasteiger partial charge in [0.1, 0.15) is 24.2 Å². The van der Waals surface area contributed by atoms with E-state index in [1.165, 1.54) is 0 Å². The molecule has 2 N–H and O–H groups in total. The molecule has 0 spiro atoms. The summed E-state index contributed by atoms with van der Waals surface area (Å²) in [4.78, 5) is 12.2. The number of aliphatic hydroxyl groups is 1.